The summed E-state index contributed by atoms with van der Waals surface area (Å²) in [5.74, 6) is -2.29. The molecule has 26 heavy (non-hydrogen) atoms. The van der Waals surface area contributed by atoms with E-state index >= 15 is 0 Å². The molecule has 0 radical (unpaired) electrons. The standard InChI is InChI=1S/C18H14F2N4O2/c19-11-1-2-14(20)13(9-11)18(26)12-4-7-23(15(12)10-25)16-5-8-24-17(22-16)3-6-21-24/h1-3,5-6,8-10,12,15H,4,7H2. The SMILES string of the molecule is O=CC1C(C(=O)c2cc(F)ccc2F)CCN1c1ccn2nccc2n1. The zero-order valence-corrected chi connectivity index (χ0v) is 13.5. The Morgan fingerprint density at radius 1 is 1.23 bits per heavy atom. The molecule has 2 unspecified atom stereocenters. The van der Waals surface area contributed by atoms with Crippen molar-refractivity contribution in [3.8, 4) is 0 Å². The Bertz CT molecular complexity index is 1000. The highest BCUT2D eigenvalue weighted by Gasteiger charge is 2.40. The highest BCUT2D eigenvalue weighted by atomic mass is 19.1. The van der Waals surface area contributed by atoms with E-state index in [-0.39, 0.29) is 5.56 Å². The van der Waals surface area contributed by atoms with Crippen molar-refractivity contribution in [2.75, 3.05) is 11.4 Å². The molecule has 0 spiro atoms. The molecule has 8 heteroatoms. The number of anilines is 1. The molecule has 4 rings (SSSR count). The third kappa shape index (κ3) is 2.63. The molecule has 3 heterocycles. The van der Waals surface area contributed by atoms with E-state index in [2.05, 4.69) is 10.1 Å². The second-order valence-electron chi connectivity index (χ2n) is 6.12. The summed E-state index contributed by atoms with van der Waals surface area (Å²) < 4.78 is 29.0. The first-order chi connectivity index (χ1) is 12.6. The minimum atomic E-state index is -0.793. The molecule has 132 valence electrons. The van der Waals surface area contributed by atoms with Crippen LogP contribution < -0.4 is 4.90 Å². The molecule has 2 atom stereocenters. The van der Waals surface area contributed by atoms with E-state index in [1.807, 2.05) is 0 Å². The van der Waals surface area contributed by atoms with Crippen LogP contribution in [0.2, 0.25) is 0 Å². The summed E-state index contributed by atoms with van der Waals surface area (Å²) in [7, 11) is 0. The predicted molar refractivity (Wildman–Crippen MR) is 89.0 cm³/mol. The first kappa shape index (κ1) is 16.3. The molecule has 0 saturated carbocycles. The maximum absolute atomic E-state index is 14.0. The van der Waals surface area contributed by atoms with Crippen LogP contribution in [-0.4, -0.2) is 39.3 Å². The molecule has 1 aliphatic rings. The number of nitrogens with zero attached hydrogens (tertiary/aromatic N) is 4. The van der Waals surface area contributed by atoms with Crippen LogP contribution in [0, 0.1) is 17.6 Å². The van der Waals surface area contributed by atoms with Gasteiger partial charge in [0.1, 0.15) is 23.7 Å². The van der Waals surface area contributed by atoms with E-state index in [1.165, 1.54) is 0 Å². The number of fused-ring (bicyclic) bond motifs is 1. The van der Waals surface area contributed by atoms with Crippen molar-refractivity contribution in [1.29, 1.82) is 0 Å². The number of Topliss-reactive ketones (excluding diaryl/α,β-unsaturated/α-hetero) is 1. The van der Waals surface area contributed by atoms with Gasteiger partial charge in [0.2, 0.25) is 0 Å². The Kier molecular flexibility index (Phi) is 3.95. The highest BCUT2D eigenvalue weighted by molar-refractivity contribution is 6.01. The maximum Gasteiger partial charge on any atom is 0.171 e. The van der Waals surface area contributed by atoms with Crippen LogP contribution in [0.25, 0.3) is 5.65 Å². The van der Waals surface area contributed by atoms with Gasteiger partial charge in [0.05, 0.1) is 23.7 Å². The van der Waals surface area contributed by atoms with Crippen LogP contribution in [0.5, 0.6) is 0 Å². The average molecular weight is 356 g/mol. The van der Waals surface area contributed by atoms with Crippen LogP contribution in [0.15, 0.2) is 42.7 Å². The second kappa shape index (κ2) is 6.29. The summed E-state index contributed by atoms with van der Waals surface area (Å²) in [6, 6.07) is 5.38. The maximum atomic E-state index is 14.0. The molecule has 2 aromatic heterocycles. The highest BCUT2D eigenvalue weighted by Crippen LogP contribution is 2.31. The molecule has 1 aliphatic heterocycles. The third-order valence-corrected chi connectivity index (χ3v) is 4.66. The summed E-state index contributed by atoms with van der Waals surface area (Å²) in [4.78, 5) is 30.5. The monoisotopic (exact) mass is 356 g/mol. The summed E-state index contributed by atoms with van der Waals surface area (Å²) in [5, 5.41) is 4.06. The topological polar surface area (TPSA) is 67.6 Å². The van der Waals surface area contributed by atoms with Crippen LogP contribution in [0.1, 0.15) is 16.8 Å². The van der Waals surface area contributed by atoms with E-state index < -0.39 is 29.4 Å². The summed E-state index contributed by atoms with van der Waals surface area (Å²) in [6.45, 7) is 0.411. The Hall–Kier alpha value is -3.16. The molecule has 1 aromatic carbocycles. The molecule has 1 fully saturated rings. The number of halogens is 2. The van der Waals surface area contributed by atoms with Crippen molar-refractivity contribution in [2.24, 2.45) is 5.92 Å². The summed E-state index contributed by atoms with van der Waals surface area (Å²) in [6.07, 6.45) is 4.33. The van der Waals surface area contributed by atoms with Gasteiger partial charge in [-0.25, -0.2) is 18.3 Å². The first-order valence-corrected chi connectivity index (χ1v) is 8.10. The molecule has 0 bridgehead atoms. The minimum Gasteiger partial charge on any atom is -0.346 e. The Morgan fingerprint density at radius 2 is 2.08 bits per heavy atom. The number of aromatic nitrogens is 3. The lowest BCUT2D eigenvalue weighted by Gasteiger charge is -2.24. The number of hydrogen-bond donors (Lipinski definition) is 0. The van der Waals surface area contributed by atoms with Crippen molar-refractivity contribution in [2.45, 2.75) is 12.5 Å². The van der Waals surface area contributed by atoms with Crippen molar-refractivity contribution in [3.05, 3.63) is 59.9 Å². The van der Waals surface area contributed by atoms with E-state index in [0.717, 1.165) is 18.2 Å². The van der Waals surface area contributed by atoms with Gasteiger partial charge in [0, 0.05) is 18.8 Å². The smallest absolute Gasteiger partial charge is 0.171 e. The molecule has 0 amide bonds. The molecule has 6 nitrogen and oxygen atoms in total. The predicted octanol–water partition coefficient (Wildman–Crippen LogP) is 2.28. The van der Waals surface area contributed by atoms with Crippen molar-refractivity contribution >= 4 is 23.5 Å². The molecule has 0 aliphatic carbocycles. The Balaban J connectivity index is 1.66. The van der Waals surface area contributed by atoms with Gasteiger partial charge in [-0.3, -0.25) is 4.79 Å². The van der Waals surface area contributed by atoms with Gasteiger partial charge in [-0.15, -0.1) is 0 Å². The number of aldehydes is 1. The number of benzene rings is 1. The fourth-order valence-electron chi connectivity index (χ4n) is 3.39. The van der Waals surface area contributed by atoms with Gasteiger partial charge in [0.15, 0.2) is 11.4 Å². The van der Waals surface area contributed by atoms with Gasteiger partial charge in [-0.1, -0.05) is 0 Å². The number of rotatable bonds is 4. The van der Waals surface area contributed by atoms with Crippen LogP contribution in [0.3, 0.4) is 0 Å². The molecular formula is C18H14F2N4O2. The Labute approximate surface area is 147 Å². The normalized spacial score (nSPS) is 19.8. The lowest BCUT2D eigenvalue weighted by Crippen LogP contribution is -2.37. The van der Waals surface area contributed by atoms with Gasteiger partial charge in [-0.05, 0) is 30.7 Å². The fourth-order valence-corrected chi connectivity index (χ4v) is 3.39. The molecule has 3 aromatic rings. The minimum absolute atomic E-state index is 0.331. The first-order valence-electron chi connectivity index (χ1n) is 8.10. The molecule has 0 N–H and O–H groups in total. The van der Waals surface area contributed by atoms with E-state index in [1.54, 1.807) is 33.9 Å². The molecular weight excluding hydrogens is 342 g/mol. The van der Waals surface area contributed by atoms with Crippen molar-refractivity contribution in [1.82, 2.24) is 14.6 Å². The van der Waals surface area contributed by atoms with Crippen molar-refractivity contribution < 1.29 is 18.4 Å². The largest absolute Gasteiger partial charge is 0.346 e. The van der Waals surface area contributed by atoms with Crippen molar-refractivity contribution in [3.63, 3.8) is 0 Å². The molecule has 1 saturated heterocycles. The van der Waals surface area contributed by atoms with E-state index in [4.69, 9.17) is 0 Å². The second-order valence-corrected chi connectivity index (χ2v) is 6.12. The van der Waals surface area contributed by atoms with Gasteiger partial charge >= 0.3 is 0 Å². The quantitative estimate of drug-likeness (QED) is 0.530. The van der Waals surface area contributed by atoms with E-state index in [9.17, 15) is 18.4 Å². The zero-order valence-electron chi connectivity index (χ0n) is 13.5. The van der Waals surface area contributed by atoms with Crippen LogP contribution in [0.4, 0.5) is 14.6 Å². The Morgan fingerprint density at radius 3 is 2.88 bits per heavy atom. The summed E-state index contributed by atoms with van der Waals surface area (Å²) >= 11 is 0. The zero-order chi connectivity index (χ0) is 18.3. The average Bonchev–Trinajstić information content (AvgIpc) is 3.28. The van der Waals surface area contributed by atoms with Gasteiger partial charge in [-0.2, -0.15) is 5.10 Å². The number of hydrogen-bond acceptors (Lipinski definition) is 5. The number of carbonyl (C=O) groups is 2. The van der Waals surface area contributed by atoms with Gasteiger partial charge in [0.25, 0.3) is 0 Å². The lowest BCUT2D eigenvalue weighted by molar-refractivity contribution is -0.109. The number of carbonyl (C=O) groups excluding carboxylic acids is 2. The van der Waals surface area contributed by atoms with Crippen LogP contribution in [-0.2, 0) is 4.79 Å². The summed E-state index contributed by atoms with van der Waals surface area (Å²) in [5.41, 5.74) is 0.279. The van der Waals surface area contributed by atoms with Crippen LogP contribution >= 0.6 is 0 Å². The lowest BCUT2D eigenvalue weighted by atomic mass is 9.91. The van der Waals surface area contributed by atoms with E-state index in [0.29, 0.717) is 30.7 Å². The van der Waals surface area contributed by atoms with Gasteiger partial charge < -0.3 is 9.69 Å². The third-order valence-electron chi connectivity index (χ3n) is 4.66. The number of ketones is 1. The fraction of sp³-hybridized carbons (Fsp3) is 0.222.